The van der Waals surface area contributed by atoms with Crippen LogP contribution in [0.15, 0.2) is 54.6 Å². The maximum absolute atomic E-state index is 14.0. The summed E-state index contributed by atoms with van der Waals surface area (Å²) in [6.45, 7) is -0.332. The molecule has 0 atom stereocenters. The minimum atomic E-state index is -0.736. The molecule has 1 amide bonds. The number of primary amides is 1. The fourth-order valence-corrected chi connectivity index (χ4v) is 2.56. The number of rotatable bonds is 5. The molecule has 2 aromatic carbocycles. The molecule has 3 aromatic rings. The number of nitrogens with two attached hydrogens (primary N) is 1. The van der Waals surface area contributed by atoms with Crippen LogP contribution in [-0.2, 0) is 16.1 Å². The molecule has 1 heterocycles. The quantitative estimate of drug-likeness (QED) is 0.732. The molecule has 0 bridgehead atoms. The number of hydrogen-bond donors (Lipinski definition) is 1. The molecule has 0 spiro atoms. The fraction of sp³-hybridized carbons (Fsp3) is 0.111. The predicted octanol–water partition coefficient (Wildman–Crippen LogP) is 2.47. The monoisotopic (exact) mass is 326 g/mol. The Bertz CT molecular complexity index is 918. The second kappa shape index (κ2) is 6.54. The molecule has 0 aliphatic carbocycles. The van der Waals surface area contributed by atoms with E-state index in [0.717, 1.165) is 10.9 Å². The minimum Gasteiger partial charge on any atom is -0.451 e. The van der Waals surface area contributed by atoms with Crippen molar-refractivity contribution in [2.24, 2.45) is 5.73 Å². The first kappa shape index (κ1) is 15.7. The van der Waals surface area contributed by atoms with Crippen LogP contribution in [-0.4, -0.2) is 23.1 Å². The van der Waals surface area contributed by atoms with Crippen molar-refractivity contribution in [3.05, 3.63) is 71.7 Å². The van der Waals surface area contributed by atoms with Gasteiger partial charge in [0.25, 0.3) is 5.91 Å². The SMILES string of the molecule is NC(=O)COC(=O)c1cc2ccccc2n1Cc1ccccc1F. The molecule has 2 N–H and O–H groups in total. The van der Waals surface area contributed by atoms with Gasteiger partial charge in [0.15, 0.2) is 6.61 Å². The second-order valence-electron chi connectivity index (χ2n) is 5.31. The minimum absolute atomic E-state index is 0.168. The first-order valence-corrected chi connectivity index (χ1v) is 7.33. The Labute approximate surface area is 137 Å². The molecule has 0 fully saturated rings. The molecule has 0 aliphatic rings. The highest BCUT2D eigenvalue weighted by Crippen LogP contribution is 2.22. The van der Waals surface area contributed by atoms with Crippen molar-refractivity contribution in [1.82, 2.24) is 4.57 Å². The van der Waals surface area contributed by atoms with E-state index >= 15 is 0 Å². The first-order valence-electron chi connectivity index (χ1n) is 7.33. The van der Waals surface area contributed by atoms with Crippen LogP contribution in [0.1, 0.15) is 16.1 Å². The summed E-state index contributed by atoms with van der Waals surface area (Å²) < 4.78 is 20.5. The molecule has 0 unspecified atom stereocenters. The molecule has 0 saturated heterocycles. The van der Waals surface area contributed by atoms with E-state index in [1.54, 1.807) is 28.8 Å². The summed E-state index contributed by atoms with van der Waals surface area (Å²) in [6.07, 6.45) is 0. The van der Waals surface area contributed by atoms with Crippen LogP contribution in [0.25, 0.3) is 10.9 Å². The van der Waals surface area contributed by atoms with Gasteiger partial charge < -0.3 is 15.0 Å². The number of halogens is 1. The van der Waals surface area contributed by atoms with E-state index in [2.05, 4.69) is 0 Å². The number of amides is 1. The van der Waals surface area contributed by atoms with Crippen LogP contribution in [0.2, 0.25) is 0 Å². The van der Waals surface area contributed by atoms with E-state index in [1.807, 2.05) is 24.3 Å². The average Bonchev–Trinajstić information content (AvgIpc) is 2.93. The summed E-state index contributed by atoms with van der Waals surface area (Å²) in [7, 11) is 0. The molecule has 122 valence electrons. The zero-order valence-electron chi connectivity index (χ0n) is 12.7. The Balaban J connectivity index is 2.04. The Morgan fingerprint density at radius 2 is 1.79 bits per heavy atom. The number of carbonyl (C=O) groups is 2. The highest BCUT2D eigenvalue weighted by molar-refractivity contribution is 5.96. The highest BCUT2D eigenvalue weighted by Gasteiger charge is 2.18. The number of hydrogen-bond acceptors (Lipinski definition) is 3. The Morgan fingerprint density at radius 3 is 2.54 bits per heavy atom. The van der Waals surface area contributed by atoms with Crippen molar-refractivity contribution in [3.63, 3.8) is 0 Å². The van der Waals surface area contributed by atoms with Gasteiger partial charge in [-0.3, -0.25) is 4.79 Å². The molecule has 0 aliphatic heterocycles. The van der Waals surface area contributed by atoms with Crippen molar-refractivity contribution in [2.45, 2.75) is 6.54 Å². The highest BCUT2D eigenvalue weighted by atomic mass is 19.1. The van der Waals surface area contributed by atoms with E-state index in [9.17, 15) is 14.0 Å². The number of benzene rings is 2. The van der Waals surface area contributed by atoms with Gasteiger partial charge in [0, 0.05) is 16.5 Å². The van der Waals surface area contributed by atoms with Crippen LogP contribution in [0.4, 0.5) is 4.39 Å². The normalized spacial score (nSPS) is 10.7. The maximum atomic E-state index is 14.0. The Kier molecular flexibility index (Phi) is 4.29. The number of esters is 1. The number of carbonyl (C=O) groups excluding carboxylic acids is 2. The molecule has 0 saturated carbocycles. The average molecular weight is 326 g/mol. The van der Waals surface area contributed by atoms with Crippen molar-refractivity contribution >= 4 is 22.8 Å². The van der Waals surface area contributed by atoms with Crippen molar-refractivity contribution < 1.29 is 18.7 Å². The van der Waals surface area contributed by atoms with Crippen LogP contribution < -0.4 is 5.73 Å². The molecular weight excluding hydrogens is 311 g/mol. The molecule has 5 nitrogen and oxygen atoms in total. The lowest BCUT2D eigenvalue weighted by Gasteiger charge is -2.11. The van der Waals surface area contributed by atoms with Crippen molar-refractivity contribution in [2.75, 3.05) is 6.61 Å². The Morgan fingerprint density at radius 1 is 1.08 bits per heavy atom. The largest absolute Gasteiger partial charge is 0.451 e. The third kappa shape index (κ3) is 3.12. The van der Waals surface area contributed by atoms with Gasteiger partial charge in [0.05, 0.1) is 6.54 Å². The van der Waals surface area contributed by atoms with E-state index in [0.29, 0.717) is 5.56 Å². The molecule has 3 rings (SSSR count). The molecule has 24 heavy (non-hydrogen) atoms. The van der Waals surface area contributed by atoms with Gasteiger partial charge in [0.1, 0.15) is 11.5 Å². The second-order valence-corrected chi connectivity index (χ2v) is 5.31. The van der Waals surface area contributed by atoms with Crippen LogP contribution in [0, 0.1) is 5.82 Å². The smallest absolute Gasteiger partial charge is 0.355 e. The van der Waals surface area contributed by atoms with Gasteiger partial charge in [-0.25, -0.2) is 9.18 Å². The topological polar surface area (TPSA) is 74.3 Å². The predicted molar refractivity (Wildman–Crippen MR) is 86.9 cm³/mol. The van der Waals surface area contributed by atoms with Crippen molar-refractivity contribution in [3.8, 4) is 0 Å². The van der Waals surface area contributed by atoms with E-state index in [1.165, 1.54) is 6.07 Å². The standard InChI is InChI=1S/C18H15FN2O3/c19-14-7-3-1-6-13(14)10-21-15-8-4-2-5-12(15)9-16(21)18(23)24-11-17(20)22/h1-9H,10-11H2,(H2,20,22). The van der Waals surface area contributed by atoms with E-state index in [-0.39, 0.29) is 18.1 Å². The lowest BCUT2D eigenvalue weighted by molar-refractivity contribution is -0.121. The summed E-state index contributed by atoms with van der Waals surface area (Å²) in [4.78, 5) is 23.1. The lowest BCUT2D eigenvalue weighted by atomic mass is 10.2. The van der Waals surface area contributed by atoms with Crippen molar-refractivity contribution in [1.29, 1.82) is 0 Å². The Hall–Kier alpha value is -3.15. The van der Waals surface area contributed by atoms with Crippen LogP contribution in [0.5, 0.6) is 0 Å². The van der Waals surface area contributed by atoms with Gasteiger partial charge in [0.2, 0.25) is 0 Å². The fourth-order valence-electron chi connectivity index (χ4n) is 2.56. The summed E-state index contributed by atoms with van der Waals surface area (Å²) in [6, 6.07) is 15.4. The number of nitrogens with zero attached hydrogens (tertiary/aromatic N) is 1. The van der Waals surface area contributed by atoms with E-state index < -0.39 is 18.5 Å². The molecule has 6 heteroatoms. The van der Waals surface area contributed by atoms with Gasteiger partial charge in [-0.1, -0.05) is 36.4 Å². The zero-order valence-corrected chi connectivity index (χ0v) is 12.7. The summed E-state index contributed by atoms with van der Waals surface area (Å²) >= 11 is 0. The van der Waals surface area contributed by atoms with Gasteiger partial charge in [-0.15, -0.1) is 0 Å². The zero-order chi connectivity index (χ0) is 17.1. The van der Waals surface area contributed by atoms with Gasteiger partial charge in [-0.05, 0) is 18.2 Å². The third-order valence-electron chi connectivity index (χ3n) is 3.65. The van der Waals surface area contributed by atoms with Gasteiger partial charge in [-0.2, -0.15) is 0 Å². The number of ether oxygens (including phenoxy) is 1. The number of aromatic nitrogens is 1. The summed E-state index contributed by atoms with van der Waals surface area (Å²) in [5, 5.41) is 0.819. The third-order valence-corrected chi connectivity index (χ3v) is 3.65. The van der Waals surface area contributed by atoms with Crippen LogP contribution >= 0.6 is 0 Å². The summed E-state index contributed by atoms with van der Waals surface area (Å²) in [5.74, 6) is -1.77. The molecule has 0 radical (unpaired) electrons. The lowest BCUT2D eigenvalue weighted by Crippen LogP contribution is -2.22. The van der Waals surface area contributed by atoms with Crippen LogP contribution in [0.3, 0.4) is 0 Å². The molecule has 1 aromatic heterocycles. The molecular formula is C18H15FN2O3. The number of fused-ring (bicyclic) bond motifs is 1. The van der Waals surface area contributed by atoms with Gasteiger partial charge >= 0.3 is 5.97 Å². The summed E-state index contributed by atoms with van der Waals surface area (Å²) in [5.41, 5.74) is 6.46. The first-order chi connectivity index (χ1) is 11.6. The number of para-hydroxylation sites is 1. The van der Waals surface area contributed by atoms with E-state index in [4.69, 9.17) is 10.5 Å². The maximum Gasteiger partial charge on any atom is 0.355 e.